The van der Waals surface area contributed by atoms with Gasteiger partial charge >= 0.3 is 0 Å². The molecule has 1 atom stereocenters. The van der Waals surface area contributed by atoms with Crippen LogP contribution >= 0.6 is 35.0 Å². The molecule has 1 aromatic rings. The minimum atomic E-state index is -0.318. The van der Waals surface area contributed by atoms with Crippen molar-refractivity contribution in [2.45, 2.75) is 18.9 Å². The van der Waals surface area contributed by atoms with E-state index >= 15 is 0 Å². The summed E-state index contributed by atoms with van der Waals surface area (Å²) in [5.74, 6) is -0.370. The van der Waals surface area contributed by atoms with Crippen LogP contribution in [0, 0.1) is 9.39 Å². The van der Waals surface area contributed by atoms with Crippen LogP contribution < -0.4 is 5.73 Å². The van der Waals surface area contributed by atoms with Crippen molar-refractivity contribution in [3.63, 3.8) is 0 Å². The smallest absolute Gasteiger partial charge is 0.254 e. The topological polar surface area (TPSA) is 46.3 Å². The van der Waals surface area contributed by atoms with Crippen molar-refractivity contribution in [2.24, 2.45) is 5.73 Å². The molecule has 0 unspecified atom stereocenters. The minimum Gasteiger partial charge on any atom is -0.337 e. The van der Waals surface area contributed by atoms with Crippen LogP contribution in [-0.2, 0) is 0 Å². The van der Waals surface area contributed by atoms with E-state index in [9.17, 15) is 9.18 Å². The minimum absolute atomic E-state index is 0. The number of nitrogens with zero attached hydrogens (tertiary/aromatic N) is 1. The van der Waals surface area contributed by atoms with Gasteiger partial charge in [0.05, 0.1) is 5.56 Å². The number of hydrogen-bond acceptors (Lipinski definition) is 2. The molecule has 100 valence electrons. The molecule has 0 saturated carbocycles. The summed E-state index contributed by atoms with van der Waals surface area (Å²) < 4.78 is 13.6. The van der Waals surface area contributed by atoms with E-state index in [0.717, 1.165) is 19.4 Å². The molecular weight excluding hydrogens is 369 g/mol. The number of amides is 1. The number of carbonyl (C=O) groups is 1. The van der Waals surface area contributed by atoms with Crippen LogP contribution in [0.1, 0.15) is 23.2 Å². The van der Waals surface area contributed by atoms with E-state index in [1.54, 1.807) is 11.0 Å². The highest BCUT2D eigenvalue weighted by atomic mass is 127. The van der Waals surface area contributed by atoms with Gasteiger partial charge in [-0.05, 0) is 53.6 Å². The van der Waals surface area contributed by atoms with Crippen molar-refractivity contribution in [1.82, 2.24) is 4.90 Å². The van der Waals surface area contributed by atoms with E-state index in [1.165, 1.54) is 12.1 Å². The van der Waals surface area contributed by atoms with Gasteiger partial charge in [-0.1, -0.05) is 0 Å². The molecule has 1 heterocycles. The highest BCUT2D eigenvalue weighted by molar-refractivity contribution is 14.1. The van der Waals surface area contributed by atoms with E-state index in [4.69, 9.17) is 5.73 Å². The summed E-state index contributed by atoms with van der Waals surface area (Å²) in [5, 5.41) is 0. The van der Waals surface area contributed by atoms with Crippen LogP contribution in [-0.4, -0.2) is 29.9 Å². The van der Waals surface area contributed by atoms with Crippen LogP contribution in [0.15, 0.2) is 18.2 Å². The first-order chi connectivity index (χ1) is 8.08. The summed E-state index contributed by atoms with van der Waals surface area (Å²) in [6, 6.07) is 4.29. The van der Waals surface area contributed by atoms with Crippen LogP contribution in [0.5, 0.6) is 0 Å². The largest absolute Gasteiger partial charge is 0.337 e. The lowest BCUT2D eigenvalue weighted by Gasteiger charge is -2.31. The highest BCUT2D eigenvalue weighted by Crippen LogP contribution is 2.18. The van der Waals surface area contributed by atoms with Gasteiger partial charge in [-0.2, -0.15) is 0 Å². The number of piperidine rings is 1. The zero-order chi connectivity index (χ0) is 12.4. The van der Waals surface area contributed by atoms with Gasteiger partial charge in [0.15, 0.2) is 0 Å². The molecule has 1 saturated heterocycles. The molecule has 0 spiro atoms. The second kappa shape index (κ2) is 6.68. The van der Waals surface area contributed by atoms with E-state index in [2.05, 4.69) is 0 Å². The van der Waals surface area contributed by atoms with Gasteiger partial charge in [0, 0.05) is 22.7 Å². The Bertz CT molecular complexity index is 444. The van der Waals surface area contributed by atoms with E-state index < -0.39 is 0 Å². The van der Waals surface area contributed by atoms with Crippen LogP contribution in [0.4, 0.5) is 4.39 Å². The van der Waals surface area contributed by atoms with Gasteiger partial charge in [-0.15, -0.1) is 12.4 Å². The Balaban J connectivity index is 0.00000162. The van der Waals surface area contributed by atoms with Gasteiger partial charge in [0.25, 0.3) is 5.91 Å². The third-order valence-electron chi connectivity index (χ3n) is 2.91. The molecule has 2 N–H and O–H groups in total. The molecule has 1 aliphatic heterocycles. The summed E-state index contributed by atoms with van der Waals surface area (Å²) >= 11 is 1.98. The van der Waals surface area contributed by atoms with E-state index in [1.807, 2.05) is 22.6 Å². The lowest BCUT2D eigenvalue weighted by molar-refractivity contribution is 0.0707. The quantitative estimate of drug-likeness (QED) is 0.756. The Morgan fingerprint density at radius 1 is 1.50 bits per heavy atom. The molecule has 0 bridgehead atoms. The Morgan fingerprint density at radius 2 is 2.22 bits per heavy atom. The summed E-state index contributed by atoms with van der Waals surface area (Å²) in [4.78, 5) is 14.0. The molecular formula is C12H15ClFIN2O. The molecule has 1 amide bonds. The second-order valence-corrected chi connectivity index (χ2v) is 5.44. The van der Waals surface area contributed by atoms with Gasteiger partial charge in [-0.25, -0.2) is 4.39 Å². The van der Waals surface area contributed by atoms with Crippen molar-refractivity contribution in [1.29, 1.82) is 0 Å². The van der Waals surface area contributed by atoms with Crippen molar-refractivity contribution in [3.05, 3.63) is 33.1 Å². The molecule has 18 heavy (non-hydrogen) atoms. The first-order valence-corrected chi connectivity index (χ1v) is 6.65. The predicted molar refractivity (Wildman–Crippen MR) is 79.5 cm³/mol. The van der Waals surface area contributed by atoms with Crippen molar-refractivity contribution < 1.29 is 9.18 Å². The number of hydrogen-bond donors (Lipinski definition) is 1. The number of benzene rings is 1. The number of likely N-dealkylation sites (tertiary alicyclic amines) is 1. The SMILES string of the molecule is Cl.N[C@@H]1CCCN(C(=O)c2ccc(F)cc2I)C1. The van der Waals surface area contributed by atoms with Crippen LogP contribution in [0.25, 0.3) is 0 Å². The zero-order valence-corrected chi connectivity index (χ0v) is 12.7. The molecule has 0 aliphatic carbocycles. The number of rotatable bonds is 1. The standard InChI is InChI=1S/C12H14FIN2O.ClH/c13-8-3-4-10(11(14)6-8)12(17)16-5-1-2-9(15)7-16;/h3-4,6,9H,1-2,5,7,15H2;1H/t9-;/m1./s1. The third-order valence-corrected chi connectivity index (χ3v) is 3.80. The monoisotopic (exact) mass is 384 g/mol. The van der Waals surface area contributed by atoms with Crippen molar-refractivity contribution in [3.8, 4) is 0 Å². The maximum absolute atomic E-state index is 13.0. The normalized spacial score (nSPS) is 19.3. The fraction of sp³-hybridized carbons (Fsp3) is 0.417. The number of carbonyl (C=O) groups excluding carboxylic acids is 1. The lowest BCUT2D eigenvalue weighted by atomic mass is 10.1. The third kappa shape index (κ3) is 3.55. The molecule has 0 aromatic heterocycles. The summed E-state index contributed by atoms with van der Waals surface area (Å²) in [6.07, 6.45) is 1.90. The molecule has 6 heteroatoms. The second-order valence-electron chi connectivity index (χ2n) is 4.28. The van der Waals surface area contributed by atoms with E-state index in [0.29, 0.717) is 15.7 Å². The van der Waals surface area contributed by atoms with Crippen LogP contribution in [0.2, 0.25) is 0 Å². The fourth-order valence-corrected chi connectivity index (χ4v) is 2.74. The highest BCUT2D eigenvalue weighted by Gasteiger charge is 2.23. The van der Waals surface area contributed by atoms with Crippen LogP contribution in [0.3, 0.4) is 0 Å². The van der Waals surface area contributed by atoms with E-state index in [-0.39, 0.29) is 30.2 Å². The molecule has 3 nitrogen and oxygen atoms in total. The average molecular weight is 385 g/mol. The molecule has 1 aromatic carbocycles. The maximum Gasteiger partial charge on any atom is 0.254 e. The molecule has 1 aliphatic rings. The predicted octanol–water partition coefficient (Wildman–Crippen LogP) is 2.42. The Labute approximate surface area is 125 Å². The average Bonchev–Trinajstić information content (AvgIpc) is 2.28. The van der Waals surface area contributed by atoms with Gasteiger partial charge in [0.1, 0.15) is 5.82 Å². The Kier molecular flexibility index (Phi) is 5.81. The first-order valence-electron chi connectivity index (χ1n) is 5.58. The summed E-state index contributed by atoms with van der Waals surface area (Å²) in [7, 11) is 0. The number of halogens is 3. The fourth-order valence-electron chi connectivity index (χ4n) is 2.03. The van der Waals surface area contributed by atoms with Gasteiger partial charge < -0.3 is 10.6 Å². The Hall–Kier alpha value is -0.400. The lowest BCUT2D eigenvalue weighted by Crippen LogP contribution is -2.45. The van der Waals surface area contributed by atoms with Crippen molar-refractivity contribution in [2.75, 3.05) is 13.1 Å². The molecule has 1 fully saturated rings. The zero-order valence-electron chi connectivity index (χ0n) is 9.73. The molecule has 0 radical (unpaired) electrons. The Morgan fingerprint density at radius 3 is 2.83 bits per heavy atom. The summed E-state index contributed by atoms with van der Waals surface area (Å²) in [6.45, 7) is 1.33. The molecule has 2 rings (SSSR count). The van der Waals surface area contributed by atoms with Crippen molar-refractivity contribution >= 4 is 40.9 Å². The first kappa shape index (κ1) is 15.7. The number of nitrogens with two attached hydrogens (primary N) is 1. The summed E-state index contributed by atoms with van der Waals surface area (Å²) in [5.41, 5.74) is 6.40. The van der Waals surface area contributed by atoms with Gasteiger partial charge in [0.2, 0.25) is 0 Å². The van der Waals surface area contributed by atoms with Gasteiger partial charge in [-0.3, -0.25) is 4.79 Å². The maximum atomic E-state index is 13.0.